The maximum atomic E-state index is 11.4. The predicted octanol–water partition coefficient (Wildman–Crippen LogP) is 1.91. The first-order valence-corrected chi connectivity index (χ1v) is 7.22. The fourth-order valence-corrected chi connectivity index (χ4v) is 2.29. The normalized spacial score (nSPS) is 13.3. The second-order valence-corrected chi connectivity index (χ2v) is 4.98. The molecule has 0 fully saturated rings. The molecule has 1 aromatic carbocycles. The number of esters is 1. The van der Waals surface area contributed by atoms with Gasteiger partial charge in [-0.15, -0.1) is 0 Å². The van der Waals surface area contributed by atoms with Crippen LogP contribution in [0.2, 0.25) is 0 Å². The van der Waals surface area contributed by atoms with Crippen molar-refractivity contribution in [2.75, 3.05) is 29.5 Å². The van der Waals surface area contributed by atoms with E-state index in [1.165, 1.54) is 0 Å². The Hall–Kier alpha value is -2.24. The third kappa shape index (κ3) is 4.11. The Labute approximate surface area is 124 Å². The van der Waals surface area contributed by atoms with Crippen LogP contribution in [0.5, 0.6) is 0 Å². The standard InChI is InChI=1S/C15H21N3O3/c1-2-21-15(20)4-3-7-17-13-9-12-10(8-11(13)16)5-6-14(19)18-12/h8-9,17H,2-7,16H2,1H3,(H,18,19). The van der Waals surface area contributed by atoms with E-state index in [9.17, 15) is 9.59 Å². The average Bonchev–Trinajstić information content (AvgIpc) is 2.44. The van der Waals surface area contributed by atoms with Crippen LogP contribution in [-0.4, -0.2) is 25.0 Å². The van der Waals surface area contributed by atoms with E-state index in [0.717, 1.165) is 16.9 Å². The number of carbonyl (C=O) groups is 2. The summed E-state index contributed by atoms with van der Waals surface area (Å²) in [5, 5.41) is 6.04. The highest BCUT2D eigenvalue weighted by atomic mass is 16.5. The van der Waals surface area contributed by atoms with E-state index in [4.69, 9.17) is 10.5 Å². The molecule has 0 unspecified atom stereocenters. The summed E-state index contributed by atoms with van der Waals surface area (Å²) in [6, 6.07) is 3.74. The van der Waals surface area contributed by atoms with Crippen LogP contribution in [0.4, 0.5) is 17.1 Å². The molecule has 2 rings (SSSR count). The van der Waals surface area contributed by atoms with Gasteiger partial charge >= 0.3 is 5.97 Å². The van der Waals surface area contributed by atoms with Crippen LogP contribution < -0.4 is 16.4 Å². The van der Waals surface area contributed by atoms with Crippen LogP contribution in [0, 0.1) is 0 Å². The Kier molecular flexibility index (Phi) is 5.03. The van der Waals surface area contributed by atoms with Crippen LogP contribution in [-0.2, 0) is 20.7 Å². The summed E-state index contributed by atoms with van der Waals surface area (Å²) in [5.74, 6) is -0.162. The van der Waals surface area contributed by atoms with Crippen molar-refractivity contribution in [2.45, 2.75) is 32.6 Å². The van der Waals surface area contributed by atoms with E-state index in [2.05, 4.69) is 10.6 Å². The number of fused-ring (bicyclic) bond motifs is 1. The van der Waals surface area contributed by atoms with Gasteiger partial charge in [0.2, 0.25) is 5.91 Å². The van der Waals surface area contributed by atoms with Gasteiger partial charge in [0, 0.05) is 25.1 Å². The molecule has 1 heterocycles. The van der Waals surface area contributed by atoms with Crippen molar-refractivity contribution in [1.29, 1.82) is 0 Å². The molecule has 0 saturated carbocycles. The molecule has 0 aromatic heterocycles. The molecule has 0 aliphatic carbocycles. The molecule has 0 bridgehead atoms. The molecule has 0 spiro atoms. The Morgan fingerprint density at radius 3 is 3.00 bits per heavy atom. The molecule has 0 saturated heterocycles. The number of benzene rings is 1. The molecular formula is C15H21N3O3. The van der Waals surface area contributed by atoms with Gasteiger partial charge < -0.3 is 21.1 Å². The number of carbonyl (C=O) groups excluding carboxylic acids is 2. The topological polar surface area (TPSA) is 93.4 Å². The molecule has 0 atom stereocenters. The quantitative estimate of drug-likeness (QED) is 0.423. The van der Waals surface area contributed by atoms with Crippen LogP contribution in [0.25, 0.3) is 0 Å². The number of nitrogen functional groups attached to an aromatic ring is 1. The number of hydrogen-bond acceptors (Lipinski definition) is 5. The number of anilines is 3. The van der Waals surface area contributed by atoms with Crippen molar-refractivity contribution in [3.63, 3.8) is 0 Å². The summed E-state index contributed by atoms with van der Waals surface area (Å²) in [6.45, 7) is 2.82. The van der Waals surface area contributed by atoms with Crippen molar-refractivity contribution in [3.05, 3.63) is 17.7 Å². The lowest BCUT2D eigenvalue weighted by Gasteiger charge is -2.19. The molecule has 4 N–H and O–H groups in total. The summed E-state index contributed by atoms with van der Waals surface area (Å²) < 4.78 is 4.87. The van der Waals surface area contributed by atoms with Crippen molar-refractivity contribution in [2.24, 2.45) is 0 Å². The third-order valence-corrected chi connectivity index (χ3v) is 3.35. The number of nitrogens with two attached hydrogens (primary N) is 1. The minimum Gasteiger partial charge on any atom is -0.466 e. The van der Waals surface area contributed by atoms with E-state index in [-0.39, 0.29) is 11.9 Å². The Morgan fingerprint density at radius 2 is 2.24 bits per heavy atom. The molecule has 0 radical (unpaired) electrons. The zero-order valence-corrected chi connectivity index (χ0v) is 12.2. The molecule has 6 nitrogen and oxygen atoms in total. The van der Waals surface area contributed by atoms with Crippen LogP contribution in [0.3, 0.4) is 0 Å². The summed E-state index contributed by atoms with van der Waals surface area (Å²) in [4.78, 5) is 22.6. The Balaban J connectivity index is 1.90. The molecule has 1 aliphatic rings. The van der Waals surface area contributed by atoms with Crippen molar-refractivity contribution in [1.82, 2.24) is 0 Å². The summed E-state index contributed by atoms with van der Waals surface area (Å²) >= 11 is 0. The van der Waals surface area contributed by atoms with Gasteiger partial charge in [0.15, 0.2) is 0 Å². The first-order valence-electron chi connectivity index (χ1n) is 7.22. The minimum atomic E-state index is -0.190. The maximum Gasteiger partial charge on any atom is 0.305 e. The third-order valence-electron chi connectivity index (χ3n) is 3.35. The highest BCUT2D eigenvalue weighted by molar-refractivity contribution is 5.95. The van der Waals surface area contributed by atoms with Gasteiger partial charge in [-0.05, 0) is 37.5 Å². The first kappa shape index (κ1) is 15.2. The lowest BCUT2D eigenvalue weighted by molar-refractivity contribution is -0.143. The number of hydrogen-bond donors (Lipinski definition) is 3. The zero-order valence-electron chi connectivity index (χ0n) is 12.2. The number of amides is 1. The lowest BCUT2D eigenvalue weighted by atomic mass is 10.0. The van der Waals surface area contributed by atoms with Gasteiger partial charge in [-0.25, -0.2) is 0 Å². The van der Waals surface area contributed by atoms with E-state index >= 15 is 0 Å². The molecule has 6 heteroatoms. The van der Waals surface area contributed by atoms with Gasteiger partial charge in [-0.1, -0.05) is 0 Å². The SMILES string of the molecule is CCOC(=O)CCCNc1cc2c(cc1N)CCC(=O)N2. The van der Waals surface area contributed by atoms with Crippen molar-refractivity contribution >= 4 is 28.9 Å². The van der Waals surface area contributed by atoms with E-state index in [1.807, 2.05) is 12.1 Å². The monoisotopic (exact) mass is 291 g/mol. The Morgan fingerprint density at radius 1 is 1.43 bits per heavy atom. The fourth-order valence-electron chi connectivity index (χ4n) is 2.29. The second kappa shape index (κ2) is 6.97. The van der Waals surface area contributed by atoms with E-state index in [1.54, 1.807) is 6.92 Å². The first-order chi connectivity index (χ1) is 10.1. The van der Waals surface area contributed by atoms with Gasteiger partial charge in [-0.2, -0.15) is 0 Å². The number of ether oxygens (including phenoxy) is 1. The number of nitrogens with one attached hydrogen (secondary N) is 2. The smallest absolute Gasteiger partial charge is 0.305 e. The highest BCUT2D eigenvalue weighted by Gasteiger charge is 2.16. The minimum absolute atomic E-state index is 0.0283. The largest absolute Gasteiger partial charge is 0.466 e. The van der Waals surface area contributed by atoms with E-state index < -0.39 is 0 Å². The van der Waals surface area contributed by atoms with Gasteiger partial charge in [0.25, 0.3) is 0 Å². The molecule has 1 aromatic rings. The Bertz CT molecular complexity index is 543. The van der Waals surface area contributed by atoms with Crippen molar-refractivity contribution in [3.8, 4) is 0 Å². The van der Waals surface area contributed by atoms with Gasteiger partial charge in [-0.3, -0.25) is 9.59 Å². The number of aryl methyl sites for hydroxylation is 1. The average molecular weight is 291 g/mol. The molecular weight excluding hydrogens is 270 g/mol. The number of rotatable bonds is 6. The fraction of sp³-hybridized carbons (Fsp3) is 0.467. The molecule has 1 aliphatic heterocycles. The summed E-state index contributed by atoms with van der Waals surface area (Å²) in [6.07, 6.45) is 2.26. The zero-order chi connectivity index (χ0) is 15.2. The van der Waals surface area contributed by atoms with Gasteiger partial charge in [0.1, 0.15) is 0 Å². The second-order valence-electron chi connectivity index (χ2n) is 4.98. The van der Waals surface area contributed by atoms with Crippen LogP contribution in [0.15, 0.2) is 12.1 Å². The summed E-state index contributed by atoms with van der Waals surface area (Å²) in [7, 11) is 0. The van der Waals surface area contributed by atoms with E-state index in [0.29, 0.717) is 44.5 Å². The molecule has 1 amide bonds. The predicted molar refractivity (Wildman–Crippen MR) is 82.2 cm³/mol. The van der Waals surface area contributed by atoms with Crippen LogP contribution in [0.1, 0.15) is 31.7 Å². The molecule has 114 valence electrons. The van der Waals surface area contributed by atoms with Crippen molar-refractivity contribution < 1.29 is 14.3 Å². The highest BCUT2D eigenvalue weighted by Crippen LogP contribution is 2.30. The molecule has 21 heavy (non-hydrogen) atoms. The lowest BCUT2D eigenvalue weighted by Crippen LogP contribution is -2.19. The van der Waals surface area contributed by atoms with Gasteiger partial charge in [0.05, 0.1) is 18.0 Å². The maximum absolute atomic E-state index is 11.4. The summed E-state index contributed by atoms with van der Waals surface area (Å²) in [5.41, 5.74) is 9.31. The van der Waals surface area contributed by atoms with Crippen LogP contribution >= 0.6 is 0 Å².